The van der Waals surface area contributed by atoms with E-state index in [-0.39, 0.29) is 24.5 Å². The van der Waals surface area contributed by atoms with Crippen molar-refractivity contribution in [3.8, 4) is 34.0 Å². The largest absolute Gasteiger partial charge is 0.480 e. The fraction of sp³-hybridized carbons (Fsp3) is 0.324. The maximum absolute atomic E-state index is 14.9. The van der Waals surface area contributed by atoms with Crippen molar-refractivity contribution in [3.63, 3.8) is 0 Å². The second-order valence-corrected chi connectivity index (χ2v) is 12.1. The molecular formula is C34H34FN3O7. The van der Waals surface area contributed by atoms with Crippen LogP contribution in [0, 0.1) is 16.6 Å². The molecule has 234 valence electrons. The highest BCUT2D eigenvalue weighted by molar-refractivity contribution is 5.99. The third-order valence-electron chi connectivity index (χ3n) is 7.85. The molecule has 1 saturated heterocycles. The van der Waals surface area contributed by atoms with Crippen LogP contribution in [0.3, 0.4) is 0 Å². The Balaban J connectivity index is 1.17. The van der Waals surface area contributed by atoms with Gasteiger partial charge in [0.2, 0.25) is 12.6 Å². The summed E-state index contributed by atoms with van der Waals surface area (Å²) in [6.07, 6.45) is 0.121. The number of carbonyl (C=O) groups excluding carboxylic acids is 2. The average Bonchev–Trinajstić information content (AvgIpc) is 3.52. The number of carboxylic acid groups (broad SMARTS) is 1. The van der Waals surface area contributed by atoms with Gasteiger partial charge in [-0.15, -0.1) is 0 Å². The summed E-state index contributed by atoms with van der Waals surface area (Å²) in [4.78, 5) is 43.3. The number of halogens is 1. The Morgan fingerprint density at radius 2 is 1.60 bits per heavy atom. The fourth-order valence-electron chi connectivity index (χ4n) is 5.06. The van der Waals surface area contributed by atoms with Gasteiger partial charge in [0.1, 0.15) is 5.82 Å². The predicted octanol–water partition coefficient (Wildman–Crippen LogP) is 5.97. The molecule has 1 aliphatic heterocycles. The lowest BCUT2D eigenvalue weighted by atomic mass is 9.78. The zero-order valence-corrected chi connectivity index (χ0v) is 25.3. The van der Waals surface area contributed by atoms with Gasteiger partial charge in [0.05, 0.1) is 5.41 Å². The normalized spacial score (nSPS) is 14.9. The maximum Gasteiger partial charge on any atom is 0.326 e. The number of ether oxygens (including phenoxy) is 2. The van der Waals surface area contributed by atoms with Crippen molar-refractivity contribution in [1.29, 1.82) is 0 Å². The first-order valence-corrected chi connectivity index (χ1v) is 14.5. The number of likely N-dealkylation sites (tertiary alicyclic amines) is 1. The SMILES string of the molecule is CC(C)(C)C(=O)OCOC(=O)C1(C(=O)O)CCN(Cc2ccc(-c3noc(-c4ccc(-c5ccccc5)c(F)c4)n3)cc2)CC1. The van der Waals surface area contributed by atoms with Crippen LogP contribution in [-0.2, 0) is 30.4 Å². The minimum Gasteiger partial charge on any atom is -0.480 e. The summed E-state index contributed by atoms with van der Waals surface area (Å²) in [6, 6.07) is 21.6. The molecule has 0 amide bonds. The van der Waals surface area contributed by atoms with E-state index >= 15 is 0 Å². The van der Waals surface area contributed by atoms with Crippen LogP contribution in [0.5, 0.6) is 0 Å². The van der Waals surface area contributed by atoms with Gasteiger partial charge >= 0.3 is 17.9 Å². The van der Waals surface area contributed by atoms with E-state index < -0.39 is 35.5 Å². The quantitative estimate of drug-likeness (QED) is 0.137. The van der Waals surface area contributed by atoms with Crippen molar-refractivity contribution in [2.24, 2.45) is 10.8 Å². The van der Waals surface area contributed by atoms with Crippen molar-refractivity contribution in [2.45, 2.75) is 40.2 Å². The van der Waals surface area contributed by atoms with Gasteiger partial charge < -0.3 is 19.1 Å². The van der Waals surface area contributed by atoms with Crippen LogP contribution in [0.25, 0.3) is 34.0 Å². The summed E-state index contributed by atoms with van der Waals surface area (Å²) >= 11 is 0. The molecule has 4 aromatic rings. The monoisotopic (exact) mass is 615 g/mol. The van der Waals surface area contributed by atoms with Crippen LogP contribution >= 0.6 is 0 Å². The molecule has 10 nitrogen and oxygen atoms in total. The number of carboxylic acids is 1. The Hall–Kier alpha value is -4.90. The lowest BCUT2D eigenvalue weighted by Crippen LogP contribution is -2.49. The van der Waals surface area contributed by atoms with Gasteiger partial charge in [-0.3, -0.25) is 19.3 Å². The minimum absolute atomic E-state index is 0.0605. The summed E-state index contributed by atoms with van der Waals surface area (Å²) in [5, 5.41) is 14.0. The molecule has 0 bridgehead atoms. The van der Waals surface area contributed by atoms with E-state index in [1.165, 1.54) is 6.07 Å². The first kappa shape index (κ1) is 31.5. The Morgan fingerprint density at radius 3 is 2.22 bits per heavy atom. The highest BCUT2D eigenvalue weighted by Gasteiger charge is 2.50. The molecule has 0 unspecified atom stereocenters. The second kappa shape index (κ2) is 13.0. The van der Waals surface area contributed by atoms with Gasteiger partial charge in [-0.25, -0.2) is 4.39 Å². The van der Waals surface area contributed by atoms with E-state index in [9.17, 15) is 23.9 Å². The molecule has 1 aromatic heterocycles. The van der Waals surface area contributed by atoms with Crippen molar-refractivity contribution >= 4 is 17.9 Å². The van der Waals surface area contributed by atoms with Crippen molar-refractivity contribution < 1.29 is 37.9 Å². The third kappa shape index (κ3) is 7.09. The first-order valence-electron chi connectivity index (χ1n) is 14.5. The number of rotatable bonds is 9. The molecule has 1 fully saturated rings. The van der Waals surface area contributed by atoms with E-state index in [0.717, 1.165) is 11.1 Å². The number of piperidine rings is 1. The number of aromatic nitrogens is 2. The molecule has 0 atom stereocenters. The van der Waals surface area contributed by atoms with Gasteiger partial charge in [0.25, 0.3) is 5.89 Å². The molecule has 1 N–H and O–H groups in total. The number of aliphatic carboxylic acids is 1. The topological polar surface area (TPSA) is 132 Å². The summed E-state index contributed by atoms with van der Waals surface area (Å²) in [5.74, 6) is -2.54. The molecule has 11 heteroatoms. The molecule has 0 aliphatic carbocycles. The van der Waals surface area contributed by atoms with E-state index in [4.69, 9.17) is 14.0 Å². The summed E-state index contributed by atoms with van der Waals surface area (Å²) in [6.45, 7) is 5.62. The van der Waals surface area contributed by atoms with Crippen molar-refractivity contribution in [2.75, 3.05) is 19.9 Å². The van der Waals surface area contributed by atoms with Gasteiger partial charge in [0.15, 0.2) is 5.41 Å². The van der Waals surface area contributed by atoms with Gasteiger partial charge in [-0.1, -0.05) is 65.8 Å². The molecule has 45 heavy (non-hydrogen) atoms. The number of hydrogen-bond acceptors (Lipinski definition) is 9. The molecule has 0 saturated carbocycles. The molecule has 0 radical (unpaired) electrons. The van der Waals surface area contributed by atoms with Crippen LogP contribution < -0.4 is 0 Å². The van der Waals surface area contributed by atoms with Crippen LogP contribution in [0.4, 0.5) is 4.39 Å². The van der Waals surface area contributed by atoms with E-state index in [0.29, 0.717) is 42.1 Å². The Bertz CT molecular complexity index is 1670. The number of esters is 2. The van der Waals surface area contributed by atoms with E-state index in [1.54, 1.807) is 32.9 Å². The molecule has 1 aliphatic rings. The zero-order valence-electron chi connectivity index (χ0n) is 25.3. The molecule has 0 spiro atoms. The van der Waals surface area contributed by atoms with Crippen molar-refractivity contribution in [1.82, 2.24) is 15.0 Å². The molecule has 5 rings (SSSR count). The highest BCUT2D eigenvalue weighted by atomic mass is 19.1. The zero-order chi connectivity index (χ0) is 32.2. The maximum atomic E-state index is 14.9. The van der Waals surface area contributed by atoms with Crippen LogP contribution in [0.2, 0.25) is 0 Å². The molecular weight excluding hydrogens is 581 g/mol. The Labute approximate surface area is 259 Å². The number of carbonyl (C=O) groups is 3. The third-order valence-corrected chi connectivity index (χ3v) is 7.85. The summed E-state index contributed by atoms with van der Waals surface area (Å²) < 4.78 is 30.3. The lowest BCUT2D eigenvalue weighted by molar-refractivity contribution is -0.186. The molecule has 3 aromatic carbocycles. The van der Waals surface area contributed by atoms with Crippen molar-refractivity contribution in [3.05, 3.63) is 84.2 Å². The smallest absolute Gasteiger partial charge is 0.326 e. The first-order chi connectivity index (χ1) is 21.5. The number of nitrogens with zero attached hydrogens (tertiary/aromatic N) is 3. The fourth-order valence-corrected chi connectivity index (χ4v) is 5.06. The second-order valence-electron chi connectivity index (χ2n) is 12.1. The van der Waals surface area contributed by atoms with Gasteiger partial charge in [-0.2, -0.15) is 4.98 Å². The van der Waals surface area contributed by atoms with Gasteiger partial charge in [-0.05, 0) is 56.9 Å². The minimum atomic E-state index is -1.70. The lowest BCUT2D eigenvalue weighted by Gasteiger charge is -2.37. The average molecular weight is 616 g/mol. The molecule has 2 heterocycles. The van der Waals surface area contributed by atoms with E-state index in [1.807, 2.05) is 54.6 Å². The summed E-state index contributed by atoms with van der Waals surface area (Å²) in [5.41, 5.74) is 0.947. The summed E-state index contributed by atoms with van der Waals surface area (Å²) in [7, 11) is 0. The standard InChI is InChI=1S/C34H34FN3O7/c1-33(2,3)31(41)43-21-44-32(42)34(30(39)40)15-17-38(18-16-34)20-22-9-11-24(12-10-22)28-36-29(45-37-28)25-13-14-26(27(35)19-25)23-7-5-4-6-8-23/h4-14,19H,15-18,20-21H2,1-3H3,(H,39,40). The van der Waals surface area contributed by atoms with Crippen LogP contribution in [0.1, 0.15) is 39.2 Å². The van der Waals surface area contributed by atoms with Gasteiger partial charge in [0, 0.05) is 36.3 Å². The van der Waals surface area contributed by atoms with Crippen LogP contribution in [-0.4, -0.2) is 57.9 Å². The number of hydrogen-bond donors (Lipinski definition) is 1. The number of benzene rings is 3. The van der Waals surface area contributed by atoms with Crippen LogP contribution in [0.15, 0.2) is 77.3 Å². The predicted molar refractivity (Wildman–Crippen MR) is 162 cm³/mol. The highest BCUT2D eigenvalue weighted by Crippen LogP contribution is 2.34. The van der Waals surface area contributed by atoms with E-state index in [2.05, 4.69) is 15.0 Å². The Morgan fingerprint density at radius 1 is 0.933 bits per heavy atom. The Kier molecular flexibility index (Phi) is 9.10.